The molecular formula is C13H15N7O3S. The second-order valence-electron chi connectivity index (χ2n) is 5.60. The van der Waals surface area contributed by atoms with Gasteiger partial charge in [-0.3, -0.25) is 4.79 Å². The third-order valence-corrected chi connectivity index (χ3v) is 5.37. The molecule has 3 heterocycles. The Labute approximate surface area is 138 Å². The third kappa shape index (κ3) is 3.43. The normalized spacial score (nSPS) is 19.1. The van der Waals surface area contributed by atoms with Gasteiger partial charge in [0.2, 0.25) is 5.91 Å². The Morgan fingerprint density at radius 1 is 1.50 bits per heavy atom. The van der Waals surface area contributed by atoms with E-state index in [1.54, 1.807) is 23.7 Å². The van der Waals surface area contributed by atoms with Crippen molar-refractivity contribution in [1.82, 2.24) is 24.5 Å². The monoisotopic (exact) mass is 349 g/mol. The standard InChI is InChI=1S/C13H15N7O3S/c1-9-4-12(20(17-9)10-2-3-24(22,23)7-10)16-13(21)6-19-8-15-11(5-14)18-19/h4,8,10H,2-3,6-7H2,1H3,(H,16,21). The van der Waals surface area contributed by atoms with Crippen molar-refractivity contribution in [3.05, 3.63) is 23.9 Å². The molecule has 24 heavy (non-hydrogen) atoms. The van der Waals surface area contributed by atoms with Crippen LogP contribution in [0.3, 0.4) is 0 Å². The second-order valence-corrected chi connectivity index (χ2v) is 7.83. The number of nitriles is 1. The van der Waals surface area contributed by atoms with Crippen molar-refractivity contribution in [3.8, 4) is 6.07 Å². The average molecular weight is 349 g/mol. The Morgan fingerprint density at radius 2 is 2.29 bits per heavy atom. The number of hydrogen-bond acceptors (Lipinski definition) is 7. The van der Waals surface area contributed by atoms with Gasteiger partial charge in [0.15, 0.2) is 9.84 Å². The number of carbonyl (C=O) groups excluding carboxylic acids is 1. The molecular weight excluding hydrogens is 334 g/mol. The average Bonchev–Trinajstić information content (AvgIpc) is 3.18. The van der Waals surface area contributed by atoms with Gasteiger partial charge in [-0.15, -0.1) is 5.10 Å². The summed E-state index contributed by atoms with van der Waals surface area (Å²) in [6.45, 7) is 1.66. The number of aryl methyl sites for hydroxylation is 1. The lowest BCUT2D eigenvalue weighted by molar-refractivity contribution is -0.117. The van der Waals surface area contributed by atoms with Crippen molar-refractivity contribution in [2.24, 2.45) is 0 Å². The maximum absolute atomic E-state index is 12.1. The quantitative estimate of drug-likeness (QED) is 0.797. The van der Waals surface area contributed by atoms with E-state index in [0.29, 0.717) is 17.9 Å². The van der Waals surface area contributed by atoms with E-state index in [1.165, 1.54) is 11.0 Å². The van der Waals surface area contributed by atoms with Crippen LogP contribution < -0.4 is 5.32 Å². The van der Waals surface area contributed by atoms with E-state index in [4.69, 9.17) is 5.26 Å². The molecule has 10 nitrogen and oxygen atoms in total. The van der Waals surface area contributed by atoms with Crippen LogP contribution in [0.4, 0.5) is 5.82 Å². The zero-order valence-electron chi connectivity index (χ0n) is 12.9. The van der Waals surface area contributed by atoms with E-state index >= 15 is 0 Å². The minimum atomic E-state index is -3.05. The van der Waals surface area contributed by atoms with Crippen molar-refractivity contribution in [2.45, 2.75) is 25.9 Å². The summed E-state index contributed by atoms with van der Waals surface area (Å²) < 4.78 is 26.1. The van der Waals surface area contributed by atoms with Gasteiger partial charge >= 0.3 is 0 Å². The number of rotatable bonds is 4. The summed E-state index contributed by atoms with van der Waals surface area (Å²) in [5.74, 6) is 0.206. The summed E-state index contributed by atoms with van der Waals surface area (Å²) >= 11 is 0. The summed E-state index contributed by atoms with van der Waals surface area (Å²) in [5.41, 5.74) is 0.683. The molecule has 0 saturated carbocycles. The molecule has 1 unspecified atom stereocenters. The van der Waals surface area contributed by atoms with Crippen LogP contribution in [-0.4, -0.2) is 50.4 Å². The molecule has 11 heteroatoms. The van der Waals surface area contributed by atoms with Gasteiger partial charge in [0.25, 0.3) is 5.82 Å². The van der Waals surface area contributed by atoms with Gasteiger partial charge in [-0.25, -0.2) is 22.8 Å². The second kappa shape index (κ2) is 6.04. The van der Waals surface area contributed by atoms with Gasteiger partial charge in [-0.05, 0) is 13.3 Å². The van der Waals surface area contributed by atoms with E-state index in [2.05, 4.69) is 20.5 Å². The maximum atomic E-state index is 12.1. The molecule has 0 spiro atoms. The van der Waals surface area contributed by atoms with E-state index in [-0.39, 0.29) is 35.8 Å². The van der Waals surface area contributed by atoms with Gasteiger partial charge in [0.05, 0.1) is 23.2 Å². The molecule has 1 fully saturated rings. The predicted molar refractivity (Wildman–Crippen MR) is 82.6 cm³/mol. The molecule has 126 valence electrons. The summed E-state index contributed by atoms with van der Waals surface area (Å²) in [6.07, 6.45) is 1.77. The minimum absolute atomic E-state index is 0.0140. The highest BCUT2D eigenvalue weighted by Gasteiger charge is 2.31. The Bertz CT molecular complexity index is 922. The number of carbonyl (C=O) groups is 1. The van der Waals surface area contributed by atoms with Crippen LogP contribution in [0.25, 0.3) is 0 Å². The maximum Gasteiger partial charge on any atom is 0.252 e. The number of aromatic nitrogens is 5. The first-order valence-electron chi connectivity index (χ1n) is 7.22. The first-order chi connectivity index (χ1) is 11.4. The van der Waals surface area contributed by atoms with Crippen LogP contribution in [0.15, 0.2) is 12.4 Å². The molecule has 2 aromatic rings. The van der Waals surface area contributed by atoms with Crippen molar-refractivity contribution in [1.29, 1.82) is 5.26 Å². The Kier molecular flexibility index (Phi) is 4.06. The molecule has 3 rings (SSSR count). The molecule has 1 aliphatic rings. The Hall–Kier alpha value is -2.74. The molecule has 0 radical (unpaired) electrons. The Morgan fingerprint density at radius 3 is 2.92 bits per heavy atom. The topological polar surface area (TPSA) is 136 Å². The molecule has 0 bridgehead atoms. The summed E-state index contributed by atoms with van der Waals surface area (Å²) in [6, 6.07) is 3.19. The van der Waals surface area contributed by atoms with Crippen molar-refractivity contribution in [2.75, 3.05) is 16.8 Å². The highest BCUT2D eigenvalue weighted by Crippen LogP contribution is 2.27. The zero-order valence-corrected chi connectivity index (χ0v) is 13.7. The summed E-state index contributed by atoms with van der Waals surface area (Å²) in [5, 5.41) is 19.5. The van der Waals surface area contributed by atoms with Crippen molar-refractivity contribution in [3.63, 3.8) is 0 Å². The highest BCUT2D eigenvalue weighted by molar-refractivity contribution is 7.91. The highest BCUT2D eigenvalue weighted by atomic mass is 32.2. The minimum Gasteiger partial charge on any atom is -0.309 e. The number of nitrogens with zero attached hydrogens (tertiary/aromatic N) is 6. The van der Waals surface area contributed by atoms with Crippen LogP contribution in [0.5, 0.6) is 0 Å². The number of sulfone groups is 1. The molecule has 0 aliphatic carbocycles. The fourth-order valence-electron chi connectivity index (χ4n) is 2.61. The molecule has 1 N–H and O–H groups in total. The fraction of sp³-hybridized carbons (Fsp3) is 0.462. The first-order valence-corrected chi connectivity index (χ1v) is 9.04. The first kappa shape index (κ1) is 16.1. The van der Waals surface area contributed by atoms with Crippen LogP contribution >= 0.6 is 0 Å². The molecule has 1 atom stereocenters. The van der Waals surface area contributed by atoms with Crippen LogP contribution in [0.2, 0.25) is 0 Å². The van der Waals surface area contributed by atoms with Crippen molar-refractivity contribution >= 4 is 21.6 Å². The van der Waals surface area contributed by atoms with Crippen LogP contribution in [0, 0.1) is 18.3 Å². The zero-order chi connectivity index (χ0) is 17.3. The summed E-state index contributed by atoms with van der Waals surface area (Å²) in [7, 11) is -3.05. The van der Waals surface area contributed by atoms with Crippen LogP contribution in [-0.2, 0) is 21.2 Å². The SMILES string of the molecule is Cc1cc(NC(=O)Cn2cnc(C#N)n2)n(C2CCS(=O)(=O)C2)n1. The Balaban J connectivity index is 1.73. The molecule has 0 aromatic carbocycles. The predicted octanol–water partition coefficient (Wildman–Crippen LogP) is -0.347. The van der Waals surface area contributed by atoms with E-state index < -0.39 is 9.84 Å². The lowest BCUT2D eigenvalue weighted by Gasteiger charge is -2.13. The largest absolute Gasteiger partial charge is 0.309 e. The van der Waals surface area contributed by atoms with E-state index in [9.17, 15) is 13.2 Å². The van der Waals surface area contributed by atoms with Gasteiger partial charge in [0, 0.05) is 6.07 Å². The third-order valence-electron chi connectivity index (χ3n) is 3.62. The number of amides is 1. The van der Waals surface area contributed by atoms with E-state index in [1.807, 2.05) is 0 Å². The summed E-state index contributed by atoms with van der Waals surface area (Å²) in [4.78, 5) is 15.9. The number of nitrogens with one attached hydrogen (secondary N) is 1. The van der Waals surface area contributed by atoms with Gasteiger partial charge in [0.1, 0.15) is 24.8 Å². The van der Waals surface area contributed by atoms with Crippen molar-refractivity contribution < 1.29 is 13.2 Å². The van der Waals surface area contributed by atoms with Gasteiger partial charge in [-0.2, -0.15) is 10.4 Å². The lowest BCUT2D eigenvalue weighted by Crippen LogP contribution is -2.23. The molecule has 2 aromatic heterocycles. The smallest absolute Gasteiger partial charge is 0.252 e. The number of hydrogen-bond donors (Lipinski definition) is 1. The lowest BCUT2D eigenvalue weighted by atomic mass is 10.3. The van der Waals surface area contributed by atoms with Crippen LogP contribution in [0.1, 0.15) is 24.0 Å². The number of anilines is 1. The van der Waals surface area contributed by atoms with Gasteiger partial charge in [-0.1, -0.05) is 0 Å². The van der Waals surface area contributed by atoms with Gasteiger partial charge < -0.3 is 5.32 Å². The fourth-order valence-corrected chi connectivity index (χ4v) is 4.30. The molecule has 1 aliphatic heterocycles. The van der Waals surface area contributed by atoms with E-state index in [0.717, 1.165) is 0 Å². The molecule has 1 saturated heterocycles. The molecule has 1 amide bonds.